The normalized spacial score (nSPS) is 28.8. The number of halogens is 2. The molecule has 1 saturated heterocycles. The van der Waals surface area contributed by atoms with Crippen molar-refractivity contribution in [2.45, 2.75) is 29.9 Å². The van der Waals surface area contributed by atoms with Crippen LogP contribution in [0.3, 0.4) is 0 Å². The maximum absolute atomic E-state index is 13.1. The second-order valence-electron chi connectivity index (χ2n) is 5.89. The van der Waals surface area contributed by atoms with Gasteiger partial charge in [-0.25, -0.2) is 4.79 Å². The molecule has 3 N–H and O–H groups in total. The van der Waals surface area contributed by atoms with Gasteiger partial charge in [-0.1, -0.05) is 0 Å². The SMILES string of the molecule is O=c1ccn([C@@H]2O[C@H](COP(=O)([O-])OP(=O)([O-])C(F)(F)P(=O)([O-])[O-])[C@@H](O)[C@H]2O)c(=O)[nH]1. The van der Waals surface area contributed by atoms with E-state index < -0.39 is 70.8 Å². The van der Waals surface area contributed by atoms with Crippen LogP contribution >= 0.6 is 23.0 Å². The van der Waals surface area contributed by atoms with Gasteiger partial charge in [-0.05, 0) is 0 Å². The Balaban J connectivity index is 2.12. The molecule has 16 nitrogen and oxygen atoms in total. The summed E-state index contributed by atoms with van der Waals surface area (Å²) in [5.41, 5.74) is -1.92. The van der Waals surface area contributed by atoms with Crippen molar-refractivity contribution in [2.75, 3.05) is 6.61 Å². The Morgan fingerprint density at radius 2 is 1.74 bits per heavy atom. The zero-order valence-corrected chi connectivity index (χ0v) is 17.2. The number of hydrogen-bond acceptors (Lipinski definition) is 14. The van der Waals surface area contributed by atoms with Gasteiger partial charge in [0.15, 0.2) is 6.23 Å². The van der Waals surface area contributed by atoms with Crippen molar-refractivity contribution in [3.8, 4) is 0 Å². The molecule has 2 unspecified atom stereocenters. The third kappa shape index (κ3) is 5.45. The van der Waals surface area contributed by atoms with E-state index >= 15 is 0 Å². The van der Waals surface area contributed by atoms with Crippen LogP contribution in [0.25, 0.3) is 0 Å². The van der Waals surface area contributed by atoms with E-state index in [9.17, 15) is 61.9 Å². The van der Waals surface area contributed by atoms with Crippen molar-refractivity contribution in [3.05, 3.63) is 33.1 Å². The number of H-pyrrole nitrogens is 1. The Kier molecular flexibility index (Phi) is 7.30. The van der Waals surface area contributed by atoms with Crippen molar-refractivity contribution in [1.82, 2.24) is 9.55 Å². The van der Waals surface area contributed by atoms with Crippen molar-refractivity contribution < 1.29 is 65.8 Å². The van der Waals surface area contributed by atoms with E-state index in [4.69, 9.17) is 4.74 Å². The lowest BCUT2D eigenvalue weighted by Crippen LogP contribution is -2.37. The van der Waals surface area contributed by atoms with E-state index in [1.54, 1.807) is 4.98 Å². The zero-order chi connectivity index (χ0) is 24.0. The van der Waals surface area contributed by atoms with Gasteiger partial charge in [0.05, 0.1) is 6.61 Å². The molecule has 2 heterocycles. The molecule has 0 aromatic carbocycles. The van der Waals surface area contributed by atoms with Crippen LogP contribution in [0.4, 0.5) is 8.78 Å². The third-order valence-corrected chi connectivity index (χ3v) is 8.64. The van der Waals surface area contributed by atoms with Crippen LogP contribution in [0, 0.1) is 0 Å². The van der Waals surface area contributed by atoms with Crippen LogP contribution in [-0.4, -0.2) is 50.1 Å². The maximum atomic E-state index is 13.1. The molecule has 0 spiro atoms. The number of aromatic amines is 1. The van der Waals surface area contributed by atoms with Crippen LogP contribution in [0.15, 0.2) is 21.9 Å². The first-order valence-corrected chi connectivity index (χ1v) is 12.2. The van der Waals surface area contributed by atoms with Crippen LogP contribution in [0.1, 0.15) is 6.23 Å². The number of ether oxygens (including phenoxy) is 1. The fourth-order valence-electron chi connectivity index (χ4n) is 2.24. The molecule has 0 bridgehead atoms. The Hall–Kier alpha value is -1.13. The molecule has 0 saturated carbocycles. The average Bonchev–Trinajstić information content (AvgIpc) is 2.86. The fourth-order valence-corrected chi connectivity index (χ4v) is 5.74. The monoisotopic (exact) mass is 514 g/mol. The molecule has 31 heavy (non-hydrogen) atoms. The van der Waals surface area contributed by atoms with E-state index in [1.807, 2.05) is 0 Å². The number of alkyl halides is 2. The zero-order valence-electron chi connectivity index (χ0n) is 14.5. The van der Waals surface area contributed by atoms with Gasteiger partial charge in [0.2, 0.25) is 7.60 Å². The molecule has 6 atom stereocenters. The number of nitrogens with one attached hydrogen (secondary N) is 1. The average molecular weight is 514 g/mol. The highest BCUT2D eigenvalue weighted by atomic mass is 31.3. The van der Waals surface area contributed by atoms with Crippen LogP contribution < -0.4 is 30.8 Å². The maximum Gasteiger partial charge on any atom is 0.332 e. The Morgan fingerprint density at radius 1 is 1.16 bits per heavy atom. The van der Waals surface area contributed by atoms with Gasteiger partial charge in [-0.3, -0.25) is 23.2 Å². The summed E-state index contributed by atoms with van der Waals surface area (Å²) < 4.78 is 71.9. The number of phosphoric acid groups is 1. The van der Waals surface area contributed by atoms with Crippen LogP contribution in [0.5, 0.6) is 0 Å². The molecule has 0 radical (unpaired) electrons. The topological polar surface area (TPSA) is 266 Å². The van der Waals surface area contributed by atoms with E-state index in [0.29, 0.717) is 4.57 Å². The summed E-state index contributed by atoms with van der Waals surface area (Å²) in [5.74, 6) is 0. The standard InChI is InChI=1S/C10H15F2N2O14P3/c11-10(12,29(19,20)21)30(22,23)28-31(24,25)26-3-4-6(16)7(17)8(27-4)14-2-1-5(15)13-9(14)18/h1-2,4,6-8,16-17H,3H2,(H,22,23)(H,24,25)(H,13,15,18)(H2,19,20,21)/p-4/t4-,6-,7-,8-/m1/s1. The minimum Gasteiger partial charge on any atom is -0.806 e. The predicted octanol–water partition coefficient (Wildman–Crippen LogP) is -4.33. The largest absolute Gasteiger partial charge is 0.806 e. The van der Waals surface area contributed by atoms with Crippen molar-refractivity contribution >= 4 is 23.0 Å². The predicted molar refractivity (Wildman–Crippen MR) is 82.0 cm³/mol. The molecule has 0 amide bonds. The molecule has 1 aromatic heterocycles. The van der Waals surface area contributed by atoms with Gasteiger partial charge in [-0.15, -0.1) is 0 Å². The van der Waals surface area contributed by atoms with Gasteiger partial charge < -0.3 is 48.2 Å². The lowest BCUT2D eigenvalue weighted by molar-refractivity contribution is -0.331. The Labute approximate surface area is 169 Å². The van der Waals surface area contributed by atoms with Crippen LogP contribution in [0.2, 0.25) is 0 Å². The second-order valence-corrected chi connectivity index (χ2v) is 11.2. The molecule has 0 aliphatic carbocycles. The Morgan fingerprint density at radius 3 is 2.26 bits per heavy atom. The van der Waals surface area contributed by atoms with E-state index in [1.165, 1.54) is 0 Å². The molecular formula is C10H11F2N2O14P3-4. The van der Waals surface area contributed by atoms with E-state index in [2.05, 4.69) is 8.83 Å². The van der Waals surface area contributed by atoms with Crippen molar-refractivity contribution in [2.24, 2.45) is 0 Å². The fraction of sp³-hybridized carbons (Fsp3) is 0.600. The summed E-state index contributed by atoms with van der Waals surface area (Å²) >= 11 is 0. The number of hydrogen-bond donors (Lipinski definition) is 3. The lowest BCUT2D eigenvalue weighted by atomic mass is 10.1. The summed E-state index contributed by atoms with van der Waals surface area (Å²) in [6.07, 6.45) is -6.55. The summed E-state index contributed by atoms with van der Waals surface area (Å²) in [5, 5.41) is 13.7. The number of phosphoric ester groups is 1. The van der Waals surface area contributed by atoms with Crippen molar-refractivity contribution in [3.63, 3.8) is 0 Å². The summed E-state index contributed by atoms with van der Waals surface area (Å²) in [7, 11) is -20.7. The summed E-state index contributed by atoms with van der Waals surface area (Å²) in [6, 6.07) is 0.837. The highest BCUT2D eigenvalue weighted by Gasteiger charge is 2.49. The minimum atomic E-state index is -7.20. The minimum absolute atomic E-state index is 0.592. The number of aromatic nitrogens is 2. The molecule has 1 aliphatic heterocycles. The quantitative estimate of drug-likeness (QED) is 0.277. The molecular weight excluding hydrogens is 503 g/mol. The molecule has 1 aliphatic rings. The van der Waals surface area contributed by atoms with Gasteiger partial charge in [0, 0.05) is 19.9 Å². The Bertz CT molecular complexity index is 1080. The highest BCUT2D eigenvalue weighted by molar-refractivity contribution is 7.73. The van der Waals surface area contributed by atoms with Gasteiger partial charge in [0.1, 0.15) is 18.3 Å². The molecule has 21 heteroatoms. The molecule has 178 valence electrons. The first-order valence-electron chi connectivity index (χ1n) is 7.61. The third-order valence-electron chi connectivity index (χ3n) is 3.73. The van der Waals surface area contributed by atoms with E-state index in [0.717, 1.165) is 12.3 Å². The summed E-state index contributed by atoms with van der Waals surface area (Å²) in [6.45, 7) is -1.37. The summed E-state index contributed by atoms with van der Waals surface area (Å²) in [4.78, 5) is 67.9. The number of rotatable bonds is 8. The van der Waals surface area contributed by atoms with Gasteiger partial charge >= 0.3 is 11.1 Å². The molecule has 1 fully saturated rings. The van der Waals surface area contributed by atoms with Gasteiger partial charge in [0.25, 0.3) is 13.4 Å². The second kappa shape index (κ2) is 8.67. The van der Waals surface area contributed by atoms with Crippen LogP contribution in [-0.2, 0) is 27.3 Å². The first kappa shape index (κ1) is 26.1. The number of aliphatic hydroxyl groups is 2. The molecule has 2 rings (SSSR count). The number of nitrogens with zero attached hydrogens (tertiary/aromatic N) is 1. The lowest BCUT2D eigenvalue weighted by Gasteiger charge is -2.45. The smallest absolute Gasteiger partial charge is 0.332 e. The molecule has 1 aromatic rings. The van der Waals surface area contributed by atoms with E-state index in [-0.39, 0.29) is 0 Å². The van der Waals surface area contributed by atoms with Crippen molar-refractivity contribution in [1.29, 1.82) is 0 Å². The van der Waals surface area contributed by atoms with Gasteiger partial charge in [-0.2, -0.15) is 8.78 Å². The highest BCUT2D eigenvalue weighted by Crippen LogP contribution is 2.72. The number of aliphatic hydroxyl groups excluding tert-OH is 2. The first-order chi connectivity index (χ1) is 13.9.